The molecule has 7 nitrogen and oxygen atoms in total. The summed E-state index contributed by atoms with van der Waals surface area (Å²) in [6.07, 6.45) is 3.99. The number of halogens is 1. The second-order valence-electron chi connectivity index (χ2n) is 7.26. The smallest absolute Gasteiger partial charge is 0.190 e. The van der Waals surface area contributed by atoms with Gasteiger partial charge in [-0.3, -0.25) is 4.99 Å². The molecule has 0 aromatic heterocycles. The summed E-state index contributed by atoms with van der Waals surface area (Å²) in [6, 6.07) is 3.93. The van der Waals surface area contributed by atoms with E-state index in [1.54, 1.807) is 7.05 Å². The van der Waals surface area contributed by atoms with Gasteiger partial charge in [-0.2, -0.15) is 0 Å². The predicted molar refractivity (Wildman–Crippen MR) is 114 cm³/mol. The quantitative estimate of drug-likeness (QED) is 0.360. The highest BCUT2D eigenvalue weighted by Gasteiger charge is 2.16. The molecule has 8 heteroatoms. The minimum Gasteiger partial charge on any atom is -0.486 e. The van der Waals surface area contributed by atoms with Crippen molar-refractivity contribution >= 4 is 17.6 Å². The molecule has 29 heavy (non-hydrogen) atoms. The van der Waals surface area contributed by atoms with Crippen LogP contribution < -0.4 is 20.1 Å². The zero-order valence-electron chi connectivity index (χ0n) is 17.2. The van der Waals surface area contributed by atoms with Crippen LogP contribution in [0.25, 0.3) is 0 Å². The number of nitrogens with one attached hydrogen (secondary N) is 2. The summed E-state index contributed by atoms with van der Waals surface area (Å²) in [4.78, 5) is 4.27. The molecule has 0 radical (unpaired) electrons. The molecular weight excluding hydrogens is 394 g/mol. The van der Waals surface area contributed by atoms with E-state index in [2.05, 4.69) is 15.6 Å². The Morgan fingerprint density at radius 2 is 1.93 bits per heavy atom. The first-order chi connectivity index (χ1) is 14.3. The molecule has 0 aliphatic carbocycles. The first-order valence-electron chi connectivity index (χ1n) is 10.4. The Kier molecular flexibility index (Phi) is 9.18. The molecule has 162 valence electrons. The average Bonchev–Trinajstić information content (AvgIpc) is 2.75. The monoisotopic (exact) mass is 425 g/mol. The van der Waals surface area contributed by atoms with E-state index in [1.165, 1.54) is 0 Å². The van der Waals surface area contributed by atoms with Crippen LogP contribution in [-0.4, -0.2) is 65.7 Å². The van der Waals surface area contributed by atoms with Crippen molar-refractivity contribution in [2.75, 3.05) is 59.8 Å². The Bertz CT molecular complexity index is 666. The van der Waals surface area contributed by atoms with Gasteiger partial charge >= 0.3 is 0 Å². The van der Waals surface area contributed by atoms with Crippen molar-refractivity contribution in [1.82, 2.24) is 10.6 Å². The van der Waals surface area contributed by atoms with Crippen LogP contribution in [0.1, 0.15) is 24.8 Å². The molecule has 1 aromatic rings. The van der Waals surface area contributed by atoms with E-state index in [-0.39, 0.29) is 0 Å². The lowest BCUT2D eigenvalue weighted by Gasteiger charge is -2.21. The molecule has 0 bridgehead atoms. The van der Waals surface area contributed by atoms with Crippen LogP contribution in [0.15, 0.2) is 17.1 Å². The topological polar surface area (TPSA) is 73.3 Å². The van der Waals surface area contributed by atoms with E-state index in [9.17, 15) is 0 Å². The van der Waals surface area contributed by atoms with Crippen molar-refractivity contribution in [3.63, 3.8) is 0 Å². The number of hydrogen-bond acceptors (Lipinski definition) is 5. The zero-order chi connectivity index (χ0) is 20.3. The van der Waals surface area contributed by atoms with Gasteiger partial charge in [0.1, 0.15) is 13.2 Å². The summed E-state index contributed by atoms with van der Waals surface area (Å²) in [5, 5.41) is 7.25. The third-order valence-electron chi connectivity index (χ3n) is 5.04. The number of fused-ring (bicyclic) bond motifs is 1. The third-order valence-corrected chi connectivity index (χ3v) is 5.32. The largest absolute Gasteiger partial charge is 0.486 e. The maximum absolute atomic E-state index is 6.30. The fourth-order valence-electron chi connectivity index (χ4n) is 3.40. The van der Waals surface area contributed by atoms with Gasteiger partial charge in [-0.05, 0) is 49.3 Å². The first kappa shape index (κ1) is 22.0. The molecule has 1 saturated heterocycles. The highest BCUT2D eigenvalue weighted by molar-refractivity contribution is 6.32. The Labute approximate surface area is 178 Å². The van der Waals surface area contributed by atoms with Gasteiger partial charge in [0.05, 0.1) is 5.02 Å². The lowest BCUT2D eigenvalue weighted by atomic mass is 10.0. The Balaban J connectivity index is 1.29. The lowest BCUT2D eigenvalue weighted by molar-refractivity contribution is 0.0203. The van der Waals surface area contributed by atoms with Crippen molar-refractivity contribution in [3.8, 4) is 11.5 Å². The Morgan fingerprint density at radius 1 is 1.14 bits per heavy atom. The second kappa shape index (κ2) is 12.1. The molecule has 2 N–H and O–H groups in total. The number of nitrogens with zero attached hydrogens (tertiary/aromatic N) is 1. The molecule has 0 atom stereocenters. The number of benzene rings is 1. The van der Waals surface area contributed by atoms with E-state index >= 15 is 0 Å². The molecule has 2 heterocycles. The van der Waals surface area contributed by atoms with Crippen molar-refractivity contribution in [2.24, 2.45) is 10.9 Å². The first-order valence-corrected chi connectivity index (χ1v) is 10.8. The zero-order valence-corrected chi connectivity index (χ0v) is 17.9. The summed E-state index contributed by atoms with van der Waals surface area (Å²) in [7, 11) is 1.78. The van der Waals surface area contributed by atoms with Crippen molar-refractivity contribution in [3.05, 3.63) is 22.7 Å². The summed E-state index contributed by atoms with van der Waals surface area (Å²) in [5.41, 5.74) is 1.10. The number of ether oxygens (including phenoxy) is 4. The van der Waals surface area contributed by atoms with Gasteiger partial charge in [0.2, 0.25) is 0 Å². The highest BCUT2D eigenvalue weighted by Crippen LogP contribution is 2.38. The van der Waals surface area contributed by atoms with Crippen LogP contribution >= 0.6 is 11.6 Å². The van der Waals surface area contributed by atoms with Gasteiger partial charge in [0.15, 0.2) is 17.5 Å². The standard InChI is InChI=1S/C21H32ClN3O4/c1-23-21(24-6-2-8-27-15-16-4-9-26-10-5-16)25-7-3-17-13-18(22)20-19(14-17)28-11-12-29-20/h13-14,16H,2-12,15H2,1H3,(H2,23,24,25). The SMILES string of the molecule is CN=C(NCCCOCC1CCOCC1)NCCc1cc(Cl)c2c(c1)OCCO2. The number of guanidine groups is 1. The fraction of sp³-hybridized carbons (Fsp3) is 0.667. The molecule has 0 amide bonds. The third kappa shape index (κ3) is 7.24. The maximum atomic E-state index is 6.30. The predicted octanol–water partition coefficient (Wildman–Crippen LogP) is 2.65. The second-order valence-corrected chi connectivity index (χ2v) is 7.67. The van der Waals surface area contributed by atoms with Crippen LogP contribution in [-0.2, 0) is 15.9 Å². The molecule has 0 spiro atoms. The van der Waals surface area contributed by atoms with Crippen LogP contribution in [0.5, 0.6) is 11.5 Å². The number of hydrogen-bond donors (Lipinski definition) is 2. The summed E-state index contributed by atoms with van der Waals surface area (Å²) in [6.45, 7) is 6.01. The van der Waals surface area contributed by atoms with Crippen LogP contribution in [0, 0.1) is 5.92 Å². The number of aliphatic imine (C=N–C) groups is 1. The van der Waals surface area contributed by atoms with Gasteiger partial charge in [0, 0.05) is 46.6 Å². The van der Waals surface area contributed by atoms with Gasteiger partial charge in [0.25, 0.3) is 0 Å². The molecule has 2 aliphatic heterocycles. The van der Waals surface area contributed by atoms with Gasteiger partial charge in [-0.25, -0.2) is 0 Å². The van der Waals surface area contributed by atoms with Crippen molar-refractivity contribution < 1.29 is 18.9 Å². The highest BCUT2D eigenvalue weighted by atomic mass is 35.5. The van der Waals surface area contributed by atoms with E-state index in [4.69, 9.17) is 30.5 Å². The van der Waals surface area contributed by atoms with E-state index in [0.29, 0.717) is 29.9 Å². The van der Waals surface area contributed by atoms with Gasteiger partial charge in [-0.1, -0.05) is 11.6 Å². The number of rotatable bonds is 9. The summed E-state index contributed by atoms with van der Waals surface area (Å²) >= 11 is 6.30. The average molecular weight is 426 g/mol. The molecular formula is C21H32ClN3O4. The Morgan fingerprint density at radius 3 is 2.76 bits per heavy atom. The van der Waals surface area contributed by atoms with E-state index in [1.807, 2.05) is 12.1 Å². The molecule has 0 saturated carbocycles. The summed E-state index contributed by atoms with van der Waals surface area (Å²) in [5.74, 6) is 2.81. The minimum absolute atomic E-state index is 0.538. The fourth-order valence-corrected chi connectivity index (χ4v) is 3.69. The molecule has 3 rings (SSSR count). The minimum atomic E-state index is 0.538. The van der Waals surface area contributed by atoms with E-state index in [0.717, 1.165) is 82.5 Å². The maximum Gasteiger partial charge on any atom is 0.190 e. The van der Waals surface area contributed by atoms with Crippen molar-refractivity contribution in [2.45, 2.75) is 25.7 Å². The molecule has 1 aromatic carbocycles. The molecule has 1 fully saturated rings. The normalized spacial score (nSPS) is 17.2. The van der Waals surface area contributed by atoms with E-state index < -0.39 is 0 Å². The van der Waals surface area contributed by atoms with Crippen LogP contribution in [0.3, 0.4) is 0 Å². The molecule has 2 aliphatic rings. The van der Waals surface area contributed by atoms with Gasteiger partial charge in [-0.15, -0.1) is 0 Å². The summed E-state index contributed by atoms with van der Waals surface area (Å²) < 4.78 is 22.4. The lowest BCUT2D eigenvalue weighted by Crippen LogP contribution is -2.39. The van der Waals surface area contributed by atoms with Crippen molar-refractivity contribution in [1.29, 1.82) is 0 Å². The van der Waals surface area contributed by atoms with Crippen LogP contribution in [0.2, 0.25) is 5.02 Å². The Hall–Kier alpha value is -1.70. The molecule has 0 unspecified atom stereocenters. The van der Waals surface area contributed by atoms with Gasteiger partial charge < -0.3 is 29.6 Å². The van der Waals surface area contributed by atoms with Crippen LogP contribution in [0.4, 0.5) is 0 Å².